The lowest BCUT2D eigenvalue weighted by molar-refractivity contribution is 0.268. The predicted octanol–water partition coefficient (Wildman–Crippen LogP) is 4.44. The molecule has 0 aliphatic carbocycles. The molecule has 0 aliphatic heterocycles. The predicted molar refractivity (Wildman–Crippen MR) is 80.8 cm³/mol. The summed E-state index contributed by atoms with van der Waals surface area (Å²) in [5.74, 6) is 0.765. The van der Waals surface area contributed by atoms with Gasteiger partial charge in [0.05, 0.1) is 18.2 Å². The molecule has 0 saturated heterocycles. The van der Waals surface area contributed by atoms with Crippen molar-refractivity contribution in [2.45, 2.75) is 13.5 Å². The fourth-order valence-corrected chi connectivity index (χ4v) is 2.22. The maximum Gasteiger partial charge on any atom is 0.162 e. The molecule has 0 bridgehead atoms. The molecule has 108 valence electrons. The Morgan fingerprint density at radius 3 is 2.62 bits per heavy atom. The summed E-state index contributed by atoms with van der Waals surface area (Å²) in [5.41, 5.74) is 1.33. The van der Waals surface area contributed by atoms with Gasteiger partial charge in [0.2, 0.25) is 0 Å². The van der Waals surface area contributed by atoms with E-state index < -0.39 is 0 Å². The van der Waals surface area contributed by atoms with E-state index >= 15 is 0 Å². The van der Waals surface area contributed by atoms with E-state index in [1.807, 2.05) is 6.92 Å². The highest BCUT2D eigenvalue weighted by Gasteiger charge is 2.08. The van der Waals surface area contributed by atoms with Crippen molar-refractivity contribution in [2.75, 3.05) is 6.61 Å². The van der Waals surface area contributed by atoms with Gasteiger partial charge < -0.3 is 9.47 Å². The third-order valence-electron chi connectivity index (χ3n) is 2.77. The Morgan fingerprint density at radius 1 is 1.14 bits per heavy atom. The first-order chi connectivity index (χ1) is 10.1. The molecule has 5 heteroatoms. The monoisotopic (exact) mass is 349 g/mol. The number of halogens is 2. The quantitative estimate of drug-likeness (QED) is 0.801. The van der Waals surface area contributed by atoms with Crippen LogP contribution in [0.2, 0.25) is 0 Å². The zero-order chi connectivity index (χ0) is 15.2. The number of benzene rings is 2. The number of nitrogens with zero attached hydrogens (tertiary/aromatic N) is 1. The van der Waals surface area contributed by atoms with Crippen molar-refractivity contribution in [2.24, 2.45) is 0 Å². The first-order valence-electron chi connectivity index (χ1n) is 6.37. The van der Waals surface area contributed by atoms with E-state index in [0.29, 0.717) is 28.1 Å². The molecule has 0 fully saturated rings. The van der Waals surface area contributed by atoms with E-state index in [1.165, 1.54) is 12.1 Å². The molecule has 0 saturated carbocycles. The normalized spacial score (nSPS) is 10.0. The van der Waals surface area contributed by atoms with Crippen molar-refractivity contribution < 1.29 is 13.9 Å². The molecule has 0 N–H and O–H groups in total. The van der Waals surface area contributed by atoms with Crippen molar-refractivity contribution in [3.05, 3.63) is 57.8 Å². The Morgan fingerprint density at radius 2 is 1.95 bits per heavy atom. The van der Waals surface area contributed by atoms with Crippen LogP contribution in [0.15, 0.2) is 40.9 Å². The van der Waals surface area contributed by atoms with Crippen molar-refractivity contribution in [1.29, 1.82) is 5.26 Å². The molecule has 3 nitrogen and oxygen atoms in total. The summed E-state index contributed by atoms with van der Waals surface area (Å²) in [5, 5.41) is 8.90. The molecule has 0 aromatic heterocycles. The Labute approximate surface area is 131 Å². The summed E-state index contributed by atoms with van der Waals surface area (Å²) >= 11 is 3.30. The SMILES string of the molecule is CCOc1cc(C#N)ccc1OCc1ccc(F)cc1Br. The maximum atomic E-state index is 13.0. The molecule has 0 aliphatic rings. The van der Waals surface area contributed by atoms with Gasteiger partial charge in [-0.1, -0.05) is 22.0 Å². The summed E-state index contributed by atoms with van der Waals surface area (Å²) in [6.45, 7) is 2.61. The highest BCUT2D eigenvalue weighted by Crippen LogP contribution is 2.30. The molecule has 2 aromatic carbocycles. The fraction of sp³-hybridized carbons (Fsp3) is 0.188. The number of ether oxygens (including phenoxy) is 2. The number of hydrogen-bond acceptors (Lipinski definition) is 3. The van der Waals surface area contributed by atoms with Crippen molar-refractivity contribution >= 4 is 15.9 Å². The molecule has 0 spiro atoms. The zero-order valence-corrected chi connectivity index (χ0v) is 13.0. The molecule has 21 heavy (non-hydrogen) atoms. The van der Waals surface area contributed by atoms with Gasteiger partial charge in [-0.15, -0.1) is 0 Å². The number of rotatable bonds is 5. The van der Waals surface area contributed by atoms with Crippen LogP contribution in [-0.2, 0) is 6.61 Å². The van der Waals surface area contributed by atoms with Crippen molar-refractivity contribution in [1.82, 2.24) is 0 Å². The summed E-state index contributed by atoms with van der Waals surface area (Å²) < 4.78 is 24.9. The Balaban J connectivity index is 2.17. The largest absolute Gasteiger partial charge is 0.490 e. The van der Waals surface area contributed by atoms with Crippen molar-refractivity contribution in [3.63, 3.8) is 0 Å². The molecule has 0 heterocycles. The molecule has 2 aromatic rings. The topological polar surface area (TPSA) is 42.2 Å². The van der Waals surface area contributed by atoms with Crippen LogP contribution < -0.4 is 9.47 Å². The second-order valence-electron chi connectivity index (χ2n) is 4.23. The Kier molecular flexibility index (Phi) is 5.18. The summed E-state index contributed by atoms with van der Waals surface area (Å²) in [6.07, 6.45) is 0. The average Bonchev–Trinajstić information content (AvgIpc) is 2.47. The van der Waals surface area contributed by atoms with Gasteiger partial charge in [0.15, 0.2) is 11.5 Å². The first-order valence-corrected chi connectivity index (χ1v) is 7.17. The minimum atomic E-state index is -0.306. The Hall–Kier alpha value is -2.06. The van der Waals surface area contributed by atoms with Crippen LogP contribution in [-0.4, -0.2) is 6.61 Å². The van der Waals surface area contributed by atoms with Gasteiger partial charge in [0, 0.05) is 16.1 Å². The van der Waals surface area contributed by atoms with Gasteiger partial charge in [-0.3, -0.25) is 0 Å². The molecule has 0 atom stereocenters. The molecular formula is C16H13BrFNO2. The van der Waals surface area contributed by atoms with Crippen LogP contribution in [0.25, 0.3) is 0 Å². The standard InChI is InChI=1S/C16H13BrFNO2/c1-2-20-16-7-11(9-19)3-6-15(16)21-10-12-4-5-13(18)8-14(12)17/h3-8H,2,10H2,1H3. The van der Waals surface area contributed by atoms with Gasteiger partial charge in [0.1, 0.15) is 12.4 Å². The van der Waals surface area contributed by atoms with Crippen LogP contribution in [0.1, 0.15) is 18.1 Å². The van der Waals surface area contributed by atoms with E-state index in [0.717, 1.165) is 5.56 Å². The van der Waals surface area contributed by atoms with E-state index in [9.17, 15) is 4.39 Å². The van der Waals surface area contributed by atoms with Gasteiger partial charge in [-0.25, -0.2) is 4.39 Å². The van der Waals surface area contributed by atoms with E-state index in [4.69, 9.17) is 14.7 Å². The van der Waals surface area contributed by atoms with Crippen LogP contribution in [0, 0.1) is 17.1 Å². The van der Waals surface area contributed by atoms with Crippen LogP contribution in [0.5, 0.6) is 11.5 Å². The minimum Gasteiger partial charge on any atom is -0.490 e. The molecular weight excluding hydrogens is 337 g/mol. The van der Waals surface area contributed by atoms with Gasteiger partial charge in [-0.2, -0.15) is 5.26 Å². The van der Waals surface area contributed by atoms with Gasteiger partial charge in [0.25, 0.3) is 0 Å². The van der Waals surface area contributed by atoms with Crippen LogP contribution >= 0.6 is 15.9 Å². The summed E-state index contributed by atoms with van der Waals surface area (Å²) in [7, 11) is 0. The summed E-state index contributed by atoms with van der Waals surface area (Å²) in [6, 6.07) is 11.5. The lowest BCUT2D eigenvalue weighted by atomic mass is 10.2. The van der Waals surface area contributed by atoms with E-state index in [-0.39, 0.29) is 12.4 Å². The van der Waals surface area contributed by atoms with E-state index in [2.05, 4.69) is 22.0 Å². The van der Waals surface area contributed by atoms with Gasteiger partial charge >= 0.3 is 0 Å². The molecule has 0 amide bonds. The third kappa shape index (κ3) is 3.96. The lowest BCUT2D eigenvalue weighted by Crippen LogP contribution is -2.01. The molecule has 0 radical (unpaired) electrons. The Bertz CT molecular complexity index is 682. The maximum absolute atomic E-state index is 13.0. The van der Waals surface area contributed by atoms with Crippen molar-refractivity contribution in [3.8, 4) is 17.6 Å². The molecule has 0 unspecified atom stereocenters. The highest BCUT2D eigenvalue weighted by atomic mass is 79.9. The lowest BCUT2D eigenvalue weighted by Gasteiger charge is -2.13. The minimum absolute atomic E-state index is 0.271. The van der Waals surface area contributed by atoms with Crippen LogP contribution in [0.4, 0.5) is 4.39 Å². The number of hydrogen-bond donors (Lipinski definition) is 0. The second kappa shape index (κ2) is 7.09. The highest BCUT2D eigenvalue weighted by molar-refractivity contribution is 9.10. The van der Waals surface area contributed by atoms with Gasteiger partial charge in [-0.05, 0) is 31.2 Å². The first kappa shape index (κ1) is 15.3. The second-order valence-corrected chi connectivity index (χ2v) is 5.09. The zero-order valence-electron chi connectivity index (χ0n) is 11.4. The third-order valence-corrected chi connectivity index (χ3v) is 3.51. The number of nitriles is 1. The van der Waals surface area contributed by atoms with E-state index in [1.54, 1.807) is 24.3 Å². The molecule has 2 rings (SSSR count). The fourth-order valence-electron chi connectivity index (χ4n) is 1.76. The smallest absolute Gasteiger partial charge is 0.162 e. The summed E-state index contributed by atoms with van der Waals surface area (Å²) in [4.78, 5) is 0. The average molecular weight is 350 g/mol. The van der Waals surface area contributed by atoms with Crippen LogP contribution in [0.3, 0.4) is 0 Å².